The first-order valence-corrected chi connectivity index (χ1v) is 6.79. The average molecular weight is 278 g/mol. The highest BCUT2D eigenvalue weighted by molar-refractivity contribution is 5.93. The van der Waals surface area contributed by atoms with Crippen molar-refractivity contribution >= 4 is 17.6 Å². The molecule has 0 radical (unpaired) electrons. The number of anilines is 1. The van der Waals surface area contributed by atoms with E-state index < -0.39 is 11.9 Å². The van der Waals surface area contributed by atoms with Gasteiger partial charge in [-0.15, -0.1) is 0 Å². The Balaban J connectivity index is 2.36. The van der Waals surface area contributed by atoms with Crippen LogP contribution in [0.15, 0.2) is 24.3 Å². The van der Waals surface area contributed by atoms with Gasteiger partial charge in [-0.1, -0.05) is 13.3 Å². The van der Waals surface area contributed by atoms with Gasteiger partial charge in [-0.3, -0.25) is 9.59 Å². The van der Waals surface area contributed by atoms with Gasteiger partial charge in [0.1, 0.15) is 0 Å². The zero-order chi connectivity index (χ0) is 15.1. The lowest BCUT2D eigenvalue weighted by atomic mass is 10.0. The number of aliphatic carboxylic acids is 1. The van der Waals surface area contributed by atoms with Gasteiger partial charge in [0, 0.05) is 17.3 Å². The minimum Gasteiger partial charge on any atom is -0.481 e. The molecule has 0 spiro atoms. The second kappa shape index (κ2) is 7.53. The predicted molar refractivity (Wildman–Crippen MR) is 78.7 cm³/mol. The number of hydrogen-bond donors (Lipinski definition) is 3. The number of rotatable bonds is 8. The van der Waals surface area contributed by atoms with Crippen LogP contribution in [0.25, 0.3) is 0 Å². The van der Waals surface area contributed by atoms with Crippen LogP contribution in [0.1, 0.15) is 43.5 Å². The summed E-state index contributed by atoms with van der Waals surface area (Å²) in [7, 11) is 0. The maximum Gasteiger partial charge on any atom is 0.306 e. The first kappa shape index (κ1) is 16.0. The number of amides is 1. The number of carboxylic acids is 1. The summed E-state index contributed by atoms with van der Waals surface area (Å²) in [6.45, 7) is 3.77. The van der Waals surface area contributed by atoms with Crippen molar-refractivity contribution in [3.63, 3.8) is 0 Å². The minimum absolute atomic E-state index is 0.246. The molecule has 4 N–H and O–H groups in total. The molecule has 1 rings (SSSR count). The molecule has 0 bridgehead atoms. The summed E-state index contributed by atoms with van der Waals surface area (Å²) in [6, 6.07) is 7.25. The molecule has 0 aliphatic carbocycles. The maximum absolute atomic E-state index is 10.9. The van der Waals surface area contributed by atoms with Gasteiger partial charge in [-0.2, -0.15) is 0 Å². The fourth-order valence-electron chi connectivity index (χ4n) is 1.94. The Morgan fingerprint density at radius 3 is 2.30 bits per heavy atom. The Bertz CT molecular complexity index is 457. The van der Waals surface area contributed by atoms with Crippen molar-refractivity contribution in [1.82, 2.24) is 0 Å². The lowest BCUT2D eigenvalue weighted by Gasteiger charge is -2.16. The molecular weight excluding hydrogens is 256 g/mol. The fraction of sp³-hybridized carbons (Fsp3) is 0.467. The van der Waals surface area contributed by atoms with Gasteiger partial charge < -0.3 is 16.2 Å². The van der Waals surface area contributed by atoms with Crippen LogP contribution in [0.4, 0.5) is 5.69 Å². The molecule has 5 heteroatoms. The second-order valence-electron chi connectivity index (χ2n) is 5.16. The SMILES string of the molecule is CC(CCCC(C)C(=O)O)Nc1ccc(C(N)=O)cc1. The summed E-state index contributed by atoms with van der Waals surface area (Å²) in [5.41, 5.74) is 6.59. The van der Waals surface area contributed by atoms with Crippen LogP contribution in [0.3, 0.4) is 0 Å². The van der Waals surface area contributed by atoms with Gasteiger partial charge in [-0.25, -0.2) is 0 Å². The summed E-state index contributed by atoms with van der Waals surface area (Å²) in [5, 5.41) is 12.1. The van der Waals surface area contributed by atoms with Crippen molar-refractivity contribution < 1.29 is 14.7 Å². The number of hydrogen-bond acceptors (Lipinski definition) is 3. The van der Waals surface area contributed by atoms with Crippen LogP contribution >= 0.6 is 0 Å². The van der Waals surface area contributed by atoms with Gasteiger partial charge in [0.15, 0.2) is 0 Å². The number of carboxylic acid groups (broad SMARTS) is 1. The van der Waals surface area contributed by atoms with Crippen LogP contribution in [-0.2, 0) is 4.79 Å². The highest BCUT2D eigenvalue weighted by atomic mass is 16.4. The smallest absolute Gasteiger partial charge is 0.306 e. The van der Waals surface area contributed by atoms with E-state index in [1.807, 2.05) is 19.1 Å². The Morgan fingerprint density at radius 1 is 1.20 bits per heavy atom. The zero-order valence-corrected chi connectivity index (χ0v) is 11.9. The monoisotopic (exact) mass is 278 g/mol. The molecule has 2 unspecified atom stereocenters. The van der Waals surface area contributed by atoms with Crippen LogP contribution < -0.4 is 11.1 Å². The number of nitrogens with one attached hydrogen (secondary N) is 1. The van der Waals surface area contributed by atoms with Gasteiger partial charge >= 0.3 is 5.97 Å². The van der Waals surface area contributed by atoms with E-state index in [-0.39, 0.29) is 12.0 Å². The molecule has 1 aromatic carbocycles. The van der Waals surface area contributed by atoms with E-state index in [9.17, 15) is 9.59 Å². The molecule has 0 aliphatic heterocycles. The minimum atomic E-state index is -0.743. The molecule has 1 aromatic rings. The van der Waals surface area contributed by atoms with Crippen molar-refractivity contribution in [2.75, 3.05) is 5.32 Å². The Labute approximate surface area is 119 Å². The summed E-state index contributed by atoms with van der Waals surface area (Å²) in [5.74, 6) is -1.48. The van der Waals surface area contributed by atoms with Crippen LogP contribution in [0.5, 0.6) is 0 Å². The van der Waals surface area contributed by atoms with Crippen molar-refractivity contribution in [3.05, 3.63) is 29.8 Å². The number of benzene rings is 1. The largest absolute Gasteiger partial charge is 0.481 e. The van der Waals surface area contributed by atoms with Crippen LogP contribution in [-0.4, -0.2) is 23.0 Å². The molecule has 0 heterocycles. The van der Waals surface area contributed by atoms with Crippen molar-refractivity contribution in [2.24, 2.45) is 11.7 Å². The lowest BCUT2D eigenvalue weighted by molar-refractivity contribution is -0.141. The van der Waals surface area contributed by atoms with E-state index in [0.717, 1.165) is 18.5 Å². The summed E-state index contributed by atoms with van der Waals surface area (Å²) < 4.78 is 0. The van der Waals surface area contributed by atoms with E-state index in [1.165, 1.54) is 0 Å². The maximum atomic E-state index is 10.9. The third-order valence-electron chi connectivity index (χ3n) is 3.28. The van der Waals surface area contributed by atoms with Crippen LogP contribution in [0.2, 0.25) is 0 Å². The summed E-state index contributed by atoms with van der Waals surface area (Å²) in [4.78, 5) is 21.6. The molecule has 2 atom stereocenters. The Morgan fingerprint density at radius 2 is 1.80 bits per heavy atom. The summed E-state index contributed by atoms with van der Waals surface area (Å²) in [6.07, 6.45) is 2.44. The molecule has 1 amide bonds. The van der Waals surface area contributed by atoms with Crippen molar-refractivity contribution in [3.8, 4) is 0 Å². The Hall–Kier alpha value is -2.04. The third kappa shape index (κ3) is 5.30. The van der Waals surface area contributed by atoms with E-state index in [1.54, 1.807) is 19.1 Å². The first-order chi connectivity index (χ1) is 9.40. The first-order valence-electron chi connectivity index (χ1n) is 6.79. The van der Waals surface area contributed by atoms with Crippen molar-refractivity contribution in [1.29, 1.82) is 0 Å². The van der Waals surface area contributed by atoms with Gasteiger partial charge in [-0.05, 0) is 44.0 Å². The van der Waals surface area contributed by atoms with E-state index in [0.29, 0.717) is 12.0 Å². The summed E-state index contributed by atoms with van der Waals surface area (Å²) >= 11 is 0. The molecule has 20 heavy (non-hydrogen) atoms. The lowest BCUT2D eigenvalue weighted by Crippen LogP contribution is -2.17. The molecule has 0 saturated carbocycles. The normalized spacial score (nSPS) is 13.5. The van der Waals surface area contributed by atoms with E-state index in [4.69, 9.17) is 10.8 Å². The molecule has 5 nitrogen and oxygen atoms in total. The molecule has 0 saturated heterocycles. The second-order valence-corrected chi connectivity index (χ2v) is 5.16. The quantitative estimate of drug-likeness (QED) is 0.681. The highest BCUT2D eigenvalue weighted by Gasteiger charge is 2.11. The van der Waals surface area contributed by atoms with E-state index in [2.05, 4.69) is 5.32 Å². The topological polar surface area (TPSA) is 92.4 Å². The number of nitrogens with two attached hydrogens (primary N) is 1. The highest BCUT2D eigenvalue weighted by Crippen LogP contribution is 2.14. The number of carbonyl (C=O) groups excluding carboxylic acids is 1. The van der Waals surface area contributed by atoms with Crippen LogP contribution in [0, 0.1) is 5.92 Å². The van der Waals surface area contributed by atoms with Gasteiger partial charge in [0.2, 0.25) is 5.91 Å². The standard InChI is InChI=1S/C15H22N2O3/c1-10(15(19)20)4-3-5-11(2)17-13-8-6-12(7-9-13)14(16)18/h6-11,17H,3-5H2,1-2H3,(H2,16,18)(H,19,20). The molecule has 110 valence electrons. The molecule has 0 fully saturated rings. The molecule has 0 aliphatic rings. The predicted octanol–water partition coefficient (Wildman–Crippen LogP) is 2.48. The fourth-order valence-corrected chi connectivity index (χ4v) is 1.94. The van der Waals surface area contributed by atoms with E-state index >= 15 is 0 Å². The van der Waals surface area contributed by atoms with Gasteiger partial charge in [0.05, 0.1) is 5.92 Å². The third-order valence-corrected chi connectivity index (χ3v) is 3.28. The van der Waals surface area contributed by atoms with Gasteiger partial charge in [0.25, 0.3) is 0 Å². The van der Waals surface area contributed by atoms with Crippen molar-refractivity contribution in [2.45, 2.75) is 39.2 Å². The number of primary amides is 1. The molecule has 0 aromatic heterocycles. The Kier molecular flexibility index (Phi) is 6.03. The average Bonchev–Trinajstić information content (AvgIpc) is 2.39. The molecular formula is C15H22N2O3. The number of carbonyl (C=O) groups is 2. The zero-order valence-electron chi connectivity index (χ0n) is 11.9.